The summed E-state index contributed by atoms with van der Waals surface area (Å²) < 4.78 is 97.6. The van der Waals surface area contributed by atoms with E-state index in [-0.39, 0.29) is 66.4 Å². The van der Waals surface area contributed by atoms with Crippen LogP contribution in [0, 0.1) is 5.82 Å². The number of ether oxygens (including phenoxy) is 3. The highest BCUT2D eigenvalue weighted by molar-refractivity contribution is 7.92. The molecular formula is C24H24F4N2O8S. The number of aliphatic carboxylic acids is 1. The summed E-state index contributed by atoms with van der Waals surface area (Å²) in [5.74, 6) is -2.24. The van der Waals surface area contributed by atoms with E-state index in [1.165, 1.54) is 18.2 Å². The number of methoxy groups -OCH3 is 1. The number of carbonyl (C=O) groups excluding carboxylic acids is 1. The fourth-order valence-electron chi connectivity index (χ4n) is 4.24. The number of sulfonamides is 1. The smallest absolute Gasteiger partial charge is 0.428 e. The summed E-state index contributed by atoms with van der Waals surface area (Å²) in [5.41, 5.74) is -2.75. The van der Waals surface area contributed by atoms with E-state index in [1.807, 2.05) is 0 Å². The van der Waals surface area contributed by atoms with Crippen LogP contribution >= 0.6 is 0 Å². The molecule has 4 rings (SSSR count). The van der Waals surface area contributed by atoms with Gasteiger partial charge in [-0.05, 0) is 56.0 Å². The molecule has 15 heteroatoms. The molecule has 0 unspecified atom stereocenters. The van der Waals surface area contributed by atoms with Crippen molar-refractivity contribution in [3.8, 4) is 11.5 Å². The summed E-state index contributed by atoms with van der Waals surface area (Å²) in [6, 6.07) is 6.62. The highest BCUT2D eigenvalue weighted by Crippen LogP contribution is 2.48. The third kappa shape index (κ3) is 5.67. The highest BCUT2D eigenvalue weighted by atomic mass is 32.2. The molecule has 0 spiro atoms. The van der Waals surface area contributed by atoms with E-state index >= 15 is 0 Å². The molecule has 212 valence electrons. The Labute approximate surface area is 220 Å². The van der Waals surface area contributed by atoms with Crippen molar-refractivity contribution in [3.63, 3.8) is 0 Å². The lowest BCUT2D eigenvalue weighted by Gasteiger charge is -2.41. The van der Waals surface area contributed by atoms with E-state index in [2.05, 4.69) is 5.32 Å². The molecule has 1 amide bonds. The summed E-state index contributed by atoms with van der Waals surface area (Å²) >= 11 is 0. The van der Waals surface area contributed by atoms with Crippen LogP contribution < -0.4 is 19.1 Å². The molecule has 1 atom stereocenters. The van der Waals surface area contributed by atoms with Gasteiger partial charge in [0.2, 0.25) is 5.60 Å². The first-order chi connectivity index (χ1) is 18.3. The van der Waals surface area contributed by atoms with Gasteiger partial charge in [0.1, 0.15) is 11.9 Å². The van der Waals surface area contributed by atoms with Gasteiger partial charge in [0, 0.05) is 18.2 Å². The van der Waals surface area contributed by atoms with Crippen molar-refractivity contribution in [1.29, 1.82) is 0 Å². The third-order valence-corrected chi connectivity index (χ3v) is 8.27. The number of nitrogens with zero attached hydrogens (tertiary/aromatic N) is 1. The maximum Gasteiger partial charge on any atom is 0.428 e. The predicted octanol–water partition coefficient (Wildman–Crippen LogP) is 4.69. The average molecular weight is 577 g/mol. The van der Waals surface area contributed by atoms with Crippen LogP contribution in [0.1, 0.15) is 32.1 Å². The summed E-state index contributed by atoms with van der Waals surface area (Å²) in [6.07, 6.45) is -7.85. The Hall–Kier alpha value is -3.75. The number of hydrogen-bond donors (Lipinski definition) is 2. The molecule has 0 saturated heterocycles. The number of anilines is 2. The molecule has 2 aliphatic rings. The molecule has 1 aliphatic heterocycles. The maximum absolute atomic E-state index is 13.9. The number of carboxylic acids is 1. The van der Waals surface area contributed by atoms with Gasteiger partial charge in [-0.3, -0.25) is 14.4 Å². The van der Waals surface area contributed by atoms with Crippen LogP contribution in [-0.2, 0) is 19.6 Å². The SMILES string of the molecule is COc1cc(S(=O)(=O)N2C[C@H](CCC(=O)O)Oc3ccc(NC(=O)OC4(C(F)(F)F)CCC4)cc32)ccc1F. The number of alkyl halides is 3. The number of hydrogen-bond acceptors (Lipinski definition) is 7. The van der Waals surface area contributed by atoms with Gasteiger partial charge in [0.05, 0.1) is 24.2 Å². The normalized spacial score (nSPS) is 18.3. The monoisotopic (exact) mass is 576 g/mol. The van der Waals surface area contributed by atoms with Gasteiger partial charge < -0.3 is 19.3 Å². The summed E-state index contributed by atoms with van der Waals surface area (Å²) in [6.45, 7) is -0.340. The van der Waals surface area contributed by atoms with Crippen LogP contribution in [0.5, 0.6) is 11.5 Å². The van der Waals surface area contributed by atoms with Crippen LogP contribution in [0.2, 0.25) is 0 Å². The number of amides is 1. The Morgan fingerprint density at radius 2 is 1.92 bits per heavy atom. The fourth-order valence-corrected chi connectivity index (χ4v) is 5.76. The Balaban J connectivity index is 1.66. The zero-order valence-corrected chi connectivity index (χ0v) is 21.3. The van der Waals surface area contributed by atoms with Gasteiger partial charge >= 0.3 is 18.2 Å². The molecule has 0 radical (unpaired) electrons. The first kappa shape index (κ1) is 28.3. The summed E-state index contributed by atoms with van der Waals surface area (Å²) in [7, 11) is -3.26. The lowest BCUT2D eigenvalue weighted by atomic mass is 9.79. The Morgan fingerprint density at radius 1 is 1.21 bits per heavy atom. The highest BCUT2D eigenvalue weighted by Gasteiger charge is 2.61. The molecule has 0 aromatic heterocycles. The van der Waals surface area contributed by atoms with E-state index in [4.69, 9.17) is 19.3 Å². The molecule has 1 saturated carbocycles. The minimum atomic E-state index is -4.75. The van der Waals surface area contributed by atoms with Crippen LogP contribution in [0.15, 0.2) is 41.3 Å². The van der Waals surface area contributed by atoms with Crippen molar-refractivity contribution in [2.24, 2.45) is 0 Å². The zero-order valence-electron chi connectivity index (χ0n) is 20.5. The summed E-state index contributed by atoms with van der Waals surface area (Å²) in [4.78, 5) is 23.1. The van der Waals surface area contributed by atoms with Crippen molar-refractivity contribution in [1.82, 2.24) is 0 Å². The first-order valence-electron chi connectivity index (χ1n) is 11.7. The second-order valence-corrected chi connectivity index (χ2v) is 10.9. The molecular weight excluding hydrogens is 552 g/mol. The molecule has 10 nitrogen and oxygen atoms in total. The Kier molecular flexibility index (Phi) is 7.56. The molecule has 2 aromatic rings. The molecule has 2 aromatic carbocycles. The summed E-state index contributed by atoms with van der Waals surface area (Å²) in [5, 5.41) is 11.2. The van der Waals surface area contributed by atoms with Crippen LogP contribution in [0.3, 0.4) is 0 Å². The minimum Gasteiger partial charge on any atom is -0.494 e. The number of carboxylic acid groups (broad SMARTS) is 1. The standard InChI is InChI=1S/C24H24F4N2O8S/c1-36-20-12-16(5-6-17(20)25)39(34,35)30-13-15(4-8-21(31)32)37-19-7-3-14(11-18(19)30)29-22(33)38-23(9-2-10-23)24(26,27)28/h3,5-7,11-12,15H,2,4,8-10,13H2,1H3,(H,29,33)(H,31,32)/t15-/m0/s1. The number of nitrogens with one attached hydrogen (secondary N) is 1. The topological polar surface area (TPSA) is 131 Å². The van der Waals surface area contributed by atoms with Gasteiger partial charge in [-0.1, -0.05) is 0 Å². The zero-order chi connectivity index (χ0) is 28.6. The Bertz CT molecular complexity index is 1380. The van der Waals surface area contributed by atoms with Crippen molar-refractivity contribution in [2.75, 3.05) is 23.3 Å². The molecule has 0 bridgehead atoms. The lowest BCUT2D eigenvalue weighted by molar-refractivity contribution is -0.282. The van der Waals surface area contributed by atoms with Crippen LogP contribution in [0.4, 0.5) is 33.7 Å². The van der Waals surface area contributed by atoms with Gasteiger partial charge in [-0.15, -0.1) is 0 Å². The minimum absolute atomic E-state index is 0.0129. The molecule has 39 heavy (non-hydrogen) atoms. The maximum atomic E-state index is 13.9. The van der Waals surface area contributed by atoms with Crippen molar-refractivity contribution in [2.45, 2.75) is 54.9 Å². The van der Waals surface area contributed by atoms with Gasteiger partial charge in [0.15, 0.2) is 11.6 Å². The number of benzene rings is 2. The average Bonchev–Trinajstić information content (AvgIpc) is 2.83. The van der Waals surface area contributed by atoms with Crippen LogP contribution in [-0.4, -0.2) is 57.1 Å². The number of halogens is 4. The molecule has 1 fully saturated rings. The van der Waals surface area contributed by atoms with Gasteiger partial charge in [0.25, 0.3) is 10.0 Å². The third-order valence-electron chi connectivity index (χ3n) is 6.49. The second-order valence-electron chi connectivity index (χ2n) is 9.05. The number of fused-ring (bicyclic) bond motifs is 1. The van der Waals surface area contributed by atoms with E-state index in [0.29, 0.717) is 0 Å². The van der Waals surface area contributed by atoms with E-state index in [0.717, 1.165) is 29.6 Å². The van der Waals surface area contributed by atoms with Gasteiger partial charge in [-0.2, -0.15) is 13.2 Å². The molecule has 2 N–H and O–H groups in total. The van der Waals surface area contributed by atoms with Crippen molar-refractivity contribution >= 4 is 33.5 Å². The first-order valence-corrected chi connectivity index (χ1v) is 13.2. The second kappa shape index (κ2) is 10.4. The van der Waals surface area contributed by atoms with E-state index < -0.39 is 45.8 Å². The van der Waals surface area contributed by atoms with Crippen LogP contribution in [0.25, 0.3) is 0 Å². The van der Waals surface area contributed by atoms with E-state index in [1.54, 1.807) is 0 Å². The van der Waals surface area contributed by atoms with Gasteiger partial charge in [-0.25, -0.2) is 17.6 Å². The van der Waals surface area contributed by atoms with Crippen molar-refractivity contribution in [3.05, 3.63) is 42.2 Å². The predicted molar refractivity (Wildman–Crippen MR) is 128 cm³/mol. The van der Waals surface area contributed by atoms with E-state index in [9.17, 15) is 35.6 Å². The lowest BCUT2D eigenvalue weighted by Crippen LogP contribution is -2.54. The molecule has 1 aliphatic carbocycles. The van der Waals surface area contributed by atoms with Crippen molar-refractivity contribution < 1.29 is 54.9 Å². The molecule has 1 heterocycles. The number of rotatable bonds is 8. The largest absolute Gasteiger partial charge is 0.494 e. The fraction of sp³-hybridized carbons (Fsp3) is 0.417. The quantitative estimate of drug-likeness (QED) is 0.433. The Morgan fingerprint density at radius 3 is 2.51 bits per heavy atom. The number of carbonyl (C=O) groups is 2.